The van der Waals surface area contributed by atoms with Gasteiger partial charge in [-0.25, -0.2) is 0 Å². The summed E-state index contributed by atoms with van der Waals surface area (Å²) in [6.07, 6.45) is -1.51. The van der Waals surface area contributed by atoms with Crippen LogP contribution in [0.25, 0.3) is 0 Å². The van der Waals surface area contributed by atoms with Gasteiger partial charge in [-0.2, -0.15) is 12.6 Å². The number of hydrogen-bond donors (Lipinski definition) is 3. The number of benzene rings is 1. The van der Waals surface area contributed by atoms with Crippen LogP contribution in [0.3, 0.4) is 0 Å². The Kier molecular flexibility index (Phi) is 5.23. The molecule has 15 heavy (non-hydrogen) atoms. The van der Waals surface area contributed by atoms with Crippen LogP contribution in [0.5, 0.6) is 0 Å². The molecule has 2 N–H and O–H groups in total. The minimum Gasteiger partial charge on any atom is -0.390 e. The van der Waals surface area contributed by atoms with Crippen molar-refractivity contribution in [2.45, 2.75) is 18.6 Å². The Morgan fingerprint density at radius 1 is 1.27 bits per heavy atom. The number of aliphatic hydroxyl groups is 2. The number of hydrogen-bond acceptors (Lipinski definition) is 3. The summed E-state index contributed by atoms with van der Waals surface area (Å²) in [7, 11) is 0. The van der Waals surface area contributed by atoms with Gasteiger partial charge in [0.05, 0.1) is 16.1 Å². The molecule has 1 rings (SSSR count). The zero-order valence-corrected chi connectivity index (χ0v) is 10.3. The van der Waals surface area contributed by atoms with Gasteiger partial charge in [-0.15, -0.1) is 0 Å². The van der Waals surface area contributed by atoms with E-state index >= 15 is 0 Å². The molecule has 0 heterocycles. The Balaban J connectivity index is 2.90. The first-order chi connectivity index (χ1) is 7.07. The average Bonchev–Trinajstić information content (AvgIpc) is 2.21. The average molecular weight is 267 g/mol. The van der Waals surface area contributed by atoms with E-state index in [1.54, 1.807) is 18.2 Å². The molecule has 0 amide bonds. The predicted octanol–water partition coefficient (Wildman–Crippen LogP) is 2.71. The van der Waals surface area contributed by atoms with Gasteiger partial charge in [0.15, 0.2) is 0 Å². The SMILES string of the molecule is OC(CCS)C(O)c1cccc(Cl)c1Cl. The fraction of sp³-hybridized carbons (Fsp3) is 0.400. The van der Waals surface area contributed by atoms with Crippen molar-refractivity contribution >= 4 is 35.8 Å². The lowest BCUT2D eigenvalue weighted by atomic mass is 10.0. The smallest absolute Gasteiger partial charge is 0.106 e. The number of rotatable bonds is 4. The lowest BCUT2D eigenvalue weighted by Crippen LogP contribution is -2.19. The van der Waals surface area contributed by atoms with E-state index in [0.29, 0.717) is 22.8 Å². The van der Waals surface area contributed by atoms with Crippen LogP contribution in [0.1, 0.15) is 18.1 Å². The van der Waals surface area contributed by atoms with Crippen LogP contribution < -0.4 is 0 Å². The summed E-state index contributed by atoms with van der Waals surface area (Å²) in [6, 6.07) is 4.95. The highest BCUT2D eigenvalue weighted by molar-refractivity contribution is 7.80. The lowest BCUT2D eigenvalue weighted by Gasteiger charge is -2.18. The molecular formula is C10H12Cl2O2S. The second-order valence-electron chi connectivity index (χ2n) is 3.17. The molecule has 0 saturated carbocycles. The molecule has 2 unspecified atom stereocenters. The van der Waals surface area contributed by atoms with Crippen LogP contribution >= 0.6 is 35.8 Å². The van der Waals surface area contributed by atoms with Gasteiger partial charge in [0.1, 0.15) is 6.10 Å². The van der Waals surface area contributed by atoms with E-state index in [4.69, 9.17) is 23.2 Å². The van der Waals surface area contributed by atoms with Gasteiger partial charge in [-0.3, -0.25) is 0 Å². The van der Waals surface area contributed by atoms with Gasteiger partial charge >= 0.3 is 0 Å². The monoisotopic (exact) mass is 266 g/mol. The maximum atomic E-state index is 9.80. The zero-order valence-electron chi connectivity index (χ0n) is 7.90. The summed E-state index contributed by atoms with van der Waals surface area (Å²) in [4.78, 5) is 0. The maximum Gasteiger partial charge on any atom is 0.106 e. The Morgan fingerprint density at radius 3 is 2.53 bits per heavy atom. The molecule has 1 aromatic rings. The van der Waals surface area contributed by atoms with E-state index < -0.39 is 12.2 Å². The first-order valence-corrected chi connectivity index (χ1v) is 5.87. The Hall–Kier alpha value is 0.0700. The molecule has 0 fully saturated rings. The van der Waals surface area contributed by atoms with E-state index in [-0.39, 0.29) is 5.02 Å². The van der Waals surface area contributed by atoms with Gasteiger partial charge in [0.2, 0.25) is 0 Å². The highest BCUT2D eigenvalue weighted by Crippen LogP contribution is 2.31. The Bertz CT molecular complexity index is 333. The predicted molar refractivity (Wildman–Crippen MR) is 65.9 cm³/mol. The van der Waals surface area contributed by atoms with Crippen LogP contribution in [0.15, 0.2) is 18.2 Å². The molecule has 0 radical (unpaired) electrons. The Morgan fingerprint density at radius 2 is 1.93 bits per heavy atom. The lowest BCUT2D eigenvalue weighted by molar-refractivity contribution is 0.0173. The van der Waals surface area contributed by atoms with Crippen molar-refractivity contribution in [1.29, 1.82) is 0 Å². The molecule has 84 valence electrons. The third kappa shape index (κ3) is 3.26. The third-order valence-electron chi connectivity index (χ3n) is 2.09. The molecule has 0 aliphatic rings. The first kappa shape index (κ1) is 13.1. The number of halogens is 2. The minimum atomic E-state index is -1.02. The molecule has 2 nitrogen and oxygen atoms in total. The summed E-state index contributed by atoms with van der Waals surface area (Å²) in [5, 5.41) is 20.0. The van der Waals surface area contributed by atoms with Gasteiger partial charge in [-0.1, -0.05) is 35.3 Å². The minimum absolute atomic E-state index is 0.282. The van der Waals surface area contributed by atoms with E-state index in [1.165, 1.54) is 0 Å². The molecule has 0 aliphatic heterocycles. The van der Waals surface area contributed by atoms with Gasteiger partial charge in [0.25, 0.3) is 0 Å². The van der Waals surface area contributed by atoms with E-state index in [9.17, 15) is 10.2 Å². The molecule has 0 spiro atoms. The van der Waals surface area contributed by atoms with Gasteiger partial charge in [0, 0.05) is 5.56 Å². The Labute approximate surface area is 104 Å². The molecular weight excluding hydrogens is 255 g/mol. The van der Waals surface area contributed by atoms with Crippen molar-refractivity contribution in [2.75, 3.05) is 5.75 Å². The number of aliphatic hydroxyl groups excluding tert-OH is 2. The molecule has 0 bridgehead atoms. The second kappa shape index (κ2) is 5.97. The van der Waals surface area contributed by atoms with Crippen LogP contribution in [0, 0.1) is 0 Å². The topological polar surface area (TPSA) is 40.5 Å². The number of thiol groups is 1. The van der Waals surface area contributed by atoms with Crippen LogP contribution in [0.2, 0.25) is 10.0 Å². The summed E-state index contributed by atoms with van der Waals surface area (Å²) in [6.45, 7) is 0. The summed E-state index contributed by atoms with van der Waals surface area (Å²) >= 11 is 15.7. The molecule has 0 saturated heterocycles. The summed E-state index contributed by atoms with van der Waals surface area (Å²) in [5.74, 6) is 0.496. The fourth-order valence-corrected chi connectivity index (χ4v) is 1.93. The normalized spacial score (nSPS) is 15.0. The van der Waals surface area contributed by atoms with E-state index in [0.717, 1.165) is 0 Å². The van der Waals surface area contributed by atoms with Crippen LogP contribution in [-0.2, 0) is 0 Å². The van der Waals surface area contributed by atoms with Gasteiger partial charge < -0.3 is 10.2 Å². The van der Waals surface area contributed by atoms with Crippen molar-refractivity contribution in [2.24, 2.45) is 0 Å². The van der Waals surface area contributed by atoms with Crippen molar-refractivity contribution in [3.63, 3.8) is 0 Å². The quantitative estimate of drug-likeness (QED) is 0.734. The van der Waals surface area contributed by atoms with E-state index in [1.807, 2.05) is 0 Å². The van der Waals surface area contributed by atoms with Crippen molar-refractivity contribution in [3.05, 3.63) is 33.8 Å². The third-order valence-corrected chi connectivity index (χ3v) is 3.18. The molecule has 5 heteroatoms. The molecule has 0 aromatic heterocycles. The first-order valence-electron chi connectivity index (χ1n) is 4.48. The molecule has 0 aliphatic carbocycles. The van der Waals surface area contributed by atoms with Crippen LogP contribution in [0.4, 0.5) is 0 Å². The molecule has 1 aromatic carbocycles. The highest BCUT2D eigenvalue weighted by Gasteiger charge is 2.20. The van der Waals surface area contributed by atoms with Crippen molar-refractivity contribution in [3.8, 4) is 0 Å². The highest BCUT2D eigenvalue weighted by atomic mass is 35.5. The second-order valence-corrected chi connectivity index (χ2v) is 4.40. The standard InChI is InChI=1S/C10H12Cl2O2S/c11-7-3-1-2-6(9(7)12)10(14)8(13)4-5-15/h1-3,8,10,13-15H,4-5H2. The maximum absolute atomic E-state index is 9.80. The summed E-state index contributed by atoms with van der Waals surface area (Å²) in [5.41, 5.74) is 0.443. The molecule has 2 atom stereocenters. The van der Waals surface area contributed by atoms with Crippen LogP contribution in [-0.4, -0.2) is 22.1 Å². The zero-order chi connectivity index (χ0) is 11.4. The summed E-state index contributed by atoms with van der Waals surface area (Å²) < 4.78 is 0. The van der Waals surface area contributed by atoms with Crippen molar-refractivity contribution in [1.82, 2.24) is 0 Å². The van der Waals surface area contributed by atoms with Crippen molar-refractivity contribution < 1.29 is 10.2 Å². The fourth-order valence-electron chi connectivity index (χ4n) is 1.25. The van der Waals surface area contributed by atoms with Gasteiger partial charge in [-0.05, 0) is 18.2 Å². The largest absolute Gasteiger partial charge is 0.390 e. The van der Waals surface area contributed by atoms with E-state index in [2.05, 4.69) is 12.6 Å².